The van der Waals surface area contributed by atoms with Crippen LogP contribution in [-0.2, 0) is 19.6 Å². The molecule has 2 aromatic carbocycles. The van der Waals surface area contributed by atoms with Gasteiger partial charge in [0.1, 0.15) is 6.04 Å². The van der Waals surface area contributed by atoms with Gasteiger partial charge in [0.15, 0.2) is 0 Å². The molecule has 0 radical (unpaired) electrons. The number of nitrogens with zero attached hydrogens (tertiary/aromatic N) is 1. The number of sulfonamides is 1. The van der Waals surface area contributed by atoms with Crippen molar-refractivity contribution in [3.63, 3.8) is 0 Å². The van der Waals surface area contributed by atoms with Crippen LogP contribution in [0.15, 0.2) is 53.4 Å². The fourth-order valence-corrected chi connectivity index (χ4v) is 4.54. The first-order valence-electron chi connectivity index (χ1n) is 9.78. The third-order valence-electron chi connectivity index (χ3n) is 4.93. The summed E-state index contributed by atoms with van der Waals surface area (Å²) in [6, 6.07) is 11.4. The summed E-state index contributed by atoms with van der Waals surface area (Å²) < 4.78 is 32.4. The number of anilines is 1. The first-order chi connectivity index (χ1) is 14.8. The highest BCUT2D eigenvalue weighted by Crippen LogP contribution is 2.22. The first kappa shape index (κ1) is 23.1. The molecular formula is C21H24ClN3O5S. The van der Waals surface area contributed by atoms with Gasteiger partial charge in [-0.2, -0.15) is 0 Å². The summed E-state index contributed by atoms with van der Waals surface area (Å²) in [5, 5.41) is 3.21. The number of carbonyl (C=O) groups excluding carboxylic acids is 2. The summed E-state index contributed by atoms with van der Waals surface area (Å²) in [6.07, 6.45) is 1.34. The highest BCUT2D eigenvalue weighted by atomic mass is 35.5. The number of halogens is 1. The third-order valence-corrected chi connectivity index (χ3v) is 6.58. The van der Waals surface area contributed by atoms with Crippen LogP contribution in [-0.4, -0.2) is 58.0 Å². The maximum Gasteiger partial charge on any atom is 0.261 e. The van der Waals surface area contributed by atoms with E-state index in [1.165, 1.54) is 36.4 Å². The topological polar surface area (TPSA) is 105 Å². The van der Waals surface area contributed by atoms with E-state index in [1.807, 2.05) is 0 Å². The van der Waals surface area contributed by atoms with Crippen LogP contribution in [0.4, 0.5) is 5.69 Å². The van der Waals surface area contributed by atoms with Crippen LogP contribution in [0.1, 0.15) is 23.2 Å². The van der Waals surface area contributed by atoms with Crippen molar-refractivity contribution < 1.29 is 22.7 Å². The van der Waals surface area contributed by atoms with Gasteiger partial charge in [-0.1, -0.05) is 11.6 Å². The van der Waals surface area contributed by atoms with E-state index in [-0.39, 0.29) is 16.7 Å². The van der Waals surface area contributed by atoms with Crippen molar-refractivity contribution in [3.05, 3.63) is 59.1 Å². The molecule has 2 aromatic rings. The predicted octanol–water partition coefficient (Wildman–Crippen LogP) is 2.51. The molecule has 2 amide bonds. The van der Waals surface area contributed by atoms with E-state index in [0.717, 1.165) is 6.42 Å². The monoisotopic (exact) mass is 465 g/mol. The number of likely N-dealkylation sites (tertiary alicyclic amines) is 1. The molecule has 0 spiro atoms. The molecule has 2 N–H and O–H groups in total. The number of benzene rings is 2. The highest BCUT2D eigenvalue weighted by Gasteiger charge is 2.34. The third kappa shape index (κ3) is 5.75. The maximum absolute atomic E-state index is 12.9. The second kappa shape index (κ2) is 10.1. The number of hydrogen-bond donors (Lipinski definition) is 2. The number of nitrogens with one attached hydrogen (secondary N) is 2. The number of hydrogen-bond acceptors (Lipinski definition) is 5. The summed E-state index contributed by atoms with van der Waals surface area (Å²) in [6.45, 7) is 1.28. The molecular weight excluding hydrogens is 442 g/mol. The molecule has 1 fully saturated rings. The molecule has 1 atom stereocenters. The van der Waals surface area contributed by atoms with E-state index < -0.39 is 16.1 Å². The lowest BCUT2D eigenvalue weighted by atomic mass is 10.1. The normalized spacial score (nSPS) is 16.2. The van der Waals surface area contributed by atoms with Crippen molar-refractivity contribution in [2.75, 3.05) is 31.5 Å². The molecule has 166 valence electrons. The maximum atomic E-state index is 12.9. The Labute approximate surface area is 186 Å². The molecule has 31 heavy (non-hydrogen) atoms. The van der Waals surface area contributed by atoms with Crippen LogP contribution < -0.4 is 10.0 Å². The van der Waals surface area contributed by atoms with Crippen LogP contribution in [0.2, 0.25) is 5.02 Å². The minimum Gasteiger partial charge on any atom is -0.383 e. The summed E-state index contributed by atoms with van der Waals surface area (Å²) >= 11 is 5.80. The van der Waals surface area contributed by atoms with Crippen LogP contribution in [0.3, 0.4) is 0 Å². The van der Waals surface area contributed by atoms with Gasteiger partial charge in [-0.25, -0.2) is 8.42 Å². The summed E-state index contributed by atoms with van der Waals surface area (Å²) in [4.78, 5) is 26.9. The molecule has 1 heterocycles. The zero-order valence-electron chi connectivity index (χ0n) is 17.0. The Morgan fingerprint density at radius 1 is 1.13 bits per heavy atom. The van der Waals surface area contributed by atoms with Crippen LogP contribution in [0.25, 0.3) is 0 Å². The Morgan fingerprint density at radius 3 is 2.45 bits per heavy atom. The Hall–Kier alpha value is -2.62. The number of ether oxygens (including phenoxy) is 1. The van der Waals surface area contributed by atoms with E-state index in [2.05, 4.69) is 10.0 Å². The SMILES string of the molecule is COCCNC(=O)C1CCCN1C(=O)c1ccc(NS(=O)(=O)c2ccc(Cl)cc2)cc1. The van der Waals surface area contributed by atoms with Crippen molar-refractivity contribution in [1.29, 1.82) is 0 Å². The molecule has 1 aliphatic heterocycles. The number of carbonyl (C=O) groups is 2. The van der Waals surface area contributed by atoms with E-state index >= 15 is 0 Å². The van der Waals surface area contributed by atoms with Gasteiger partial charge in [-0.3, -0.25) is 14.3 Å². The molecule has 1 saturated heterocycles. The molecule has 0 saturated carbocycles. The van der Waals surface area contributed by atoms with E-state index in [4.69, 9.17) is 16.3 Å². The van der Waals surface area contributed by atoms with Crippen molar-refractivity contribution >= 4 is 39.1 Å². The van der Waals surface area contributed by atoms with Gasteiger partial charge in [0.2, 0.25) is 5.91 Å². The molecule has 1 unspecified atom stereocenters. The zero-order valence-corrected chi connectivity index (χ0v) is 18.6. The second-order valence-electron chi connectivity index (χ2n) is 7.08. The Bertz CT molecular complexity index is 1030. The Kier molecular flexibility index (Phi) is 7.53. The molecule has 8 nitrogen and oxygen atoms in total. The lowest BCUT2D eigenvalue weighted by Crippen LogP contribution is -2.46. The average molecular weight is 466 g/mol. The van der Waals surface area contributed by atoms with Gasteiger partial charge in [0.25, 0.3) is 15.9 Å². The molecule has 1 aliphatic rings. The summed E-state index contributed by atoms with van der Waals surface area (Å²) in [5.74, 6) is -0.466. The standard InChI is InChI=1S/C21H24ClN3O5S/c1-30-14-12-23-20(26)19-3-2-13-25(19)21(27)15-4-8-17(9-5-15)24-31(28,29)18-10-6-16(22)7-11-18/h4-11,19,24H,2-3,12-14H2,1H3,(H,23,26). The largest absolute Gasteiger partial charge is 0.383 e. The number of amides is 2. The fourth-order valence-electron chi connectivity index (χ4n) is 3.35. The van der Waals surface area contributed by atoms with Crippen LogP contribution in [0, 0.1) is 0 Å². The zero-order chi connectivity index (χ0) is 22.4. The molecule has 0 aliphatic carbocycles. The van der Waals surface area contributed by atoms with Crippen LogP contribution in [0.5, 0.6) is 0 Å². The minimum atomic E-state index is -3.78. The van der Waals surface area contributed by atoms with Gasteiger partial charge in [0.05, 0.1) is 11.5 Å². The van der Waals surface area contributed by atoms with Gasteiger partial charge >= 0.3 is 0 Å². The van der Waals surface area contributed by atoms with E-state index in [0.29, 0.717) is 42.4 Å². The summed E-state index contributed by atoms with van der Waals surface area (Å²) in [7, 11) is -2.22. The van der Waals surface area contributed by atoms with Crippen molar-refractivity contribution in [3.8, 4) is 0 Å². The second-order valence-corrected chi connectivity index (χ2v) is 9.20. The Morgan fingerprint density at radius 2 is 1.81 bits per heavy atom. The van der Waals surface area contributed by atoms with E-state index in [9.17, 15) is 18.0 Å². The molecule has 0 aromatic heterocycles. The van der Waals surface area contributed by atoms with Crippen molar-refractivity contribution in [2.24, 2.45) is 0 Å². The quantitative estimate of drug-likeness (QED) is 0.583. The predicted molar refractivity (Wildman–Crippen MR) is 118 cm³/mol. The average Bonchev–Trinajstić information content (AvgIpc) is 3.24. The lowest BCUT2D eigenvalue weighted by molar-refractivity contribution is -0.125. The molecule has 3 rings (SSSR count). The minimum absolute atomic E-state index is 0.0800. The Balaban J connectivity index is 1.67. The van der Waals surface area contributed by atoms with E-state index in [1.54, 1.807) is 24.1 Å². The smallest absolute Gasteiger partial charge is 0.261 e. The van der Waals surface area contributed by atoms with Gasteiger partial charge in [-0.05, 0) is 61.4 Å². The number of methoxy groups -OCH3 is 1. The fraction of sp³-hybridized carbons (Fsp3) is 0.333. The highest BCUT2D eigenvalue weighted by molar-refractivity contribution is 7.92. The first-order valence-corrected chi connectivity index (χ1v) is 11.6. The van der Waals surface area contributed by atoms with Gasteiger partial charge in [-0.15, -0.1) is 0 Å². The van der Waals surface area contributed by atoms with Gasteiger partial charge in [0, 0.05) is 36.5 Å². The van der Waals surface area contributed by atoms with Crippen LogP contribution >= 0.6 is 11.6 Å². The number of rotatable bonds is 8. The molecule has 0 bridgehead atoms. The van der Waals surface area contributed by atoms with Crippen molar-refractivity contribution in [1.82, 2.24) is 10.2 Å². The lowest BCUT2D eigenvalue weighted by Gasteiger charge is -2.24. The van der Waals surface area contributed by atoms with Crippen molar-refractivity contribution in [2.45, 2.75) is 23.8 Å². The summed E-state index contributed by atoms with van der Waals surface area (Å²) in [5.41, 5.74) is 0.702. The van der Waals surface area contributed by atoms with Gasteiger partial charge < -0.3 is 15.0 Å². The molecule has 10 heteroatoms.